The van der Waals surface area contributed by atoms with Gasteiger partial charge in [0.15, 0.2) is 0 Å². The van der Waals surface area contributed by atoms with E-state index in [9.17, 15) is 9.59 Å². The molecule has 0 aliphatic carbocycles. The Hall–Kier alpha value is -3.15. The zero-order valence-corrected chi connectivity index (χ0v) is 17.5. The van der Waals surface area contributed by atoms with Crippen LogP contribution in [0.5, 0.6) is 5.75 Å². The number of carbonyl (C=O) groups is 1. The van der Waals surface area contributed by atoms with Crippen LogP contribution in [-0.2, 0) is 4.79 Å². The molecule has 3 aromatic rings. The third-order valence-corrected chi connectivity index (χ3v) is 5.12. The van der Waals surface area contributed by atoms with Crippen molar-refractivity contribution in [1.29, 1.82) is 0 Å². The van der Waals surface area contributed by atoms with E-state index in [1.807, 2.05) is 63.2 Å². The first-order chi connectivity index (χ1) is 13.9. The molecule has 3 rings (SSSR count). The topological polar surface area (TPSA) is 64.4 Å². The molecule has 0 fully saturated rings. The van der Waals surface area contributed by atoms with E-state index in [0.29, 0.717) is 34.6 Å². The van der Waals surface area contributed by atoms with Gasteiger partial charge in [-0.05, 0) is 30.7 Å². The van der Waals surface area contributed by atoms with Gasteiger partial charge < -0.3 is 9.64 Å². The van der Waals surface area contributed by atoms with Crippen LogP contribution in [0.3, 0.4) is 0 Å². The maximum atomic E-state index is 13.5. The van der Waals surface area contributed by atoms with Gasteiger partial charge in [0.1, 0.15) is 11.6 Å². The fraction of sp³-hybridized carbons (Fsp3) is 0.348. The van der Waals surface area contributed by atoms with Gasteiger partial charge in [-0.2, -0.15) is 0 Å². The zero-order valence-electron chi connectivity index (χ0n) is 17.5. The lowest BCUT2D eigenvalue weighted by atomic mass is 10.1. The van der Waals surface area contributed by atoms with Crippen molar-refractivity contribution in [2.45, 2.75) is 33.2 Å². The van der Waals surface area contributed by atoms with Crippen LogP contribution in [0.1, 0.15) is 39.1 Å². The van der Waals surface area contributed by atoms with Crippen LogP contribution in [0, 0.1) is 5.92 Å². The van der Waals surface area contributed by atoms with E-state index in [1.54, 1.807) is 29.7 Å². The Bertz CT molecular complexity index is 1090. The molecule has 0 radical (unpaired) electrons. The largest absolute Gasteiger partial charge is 0.495 e. The highest BCUT2D eigenvalue weighted by atomic mass is 16.5. The predicted octanol–water partition coefficient (Wildman–Crippen LogP) is 3.96. The number of nitrogens with zero attached hydrogens (tertiary/aromatic N) is 3. The number of rotatable bonds is 6. The van der Waals surface area contributed by atoms with Crippen LogP contribution in [0.4, 0.5) is 0 Å². The molecular formula is C23H27N3O3. The van der Waals surface area contributed by atoms with Crippen molar-refractivity contribution in [2.75, 3.05) is 14.2 Å². The van der Waals surface area contributed by atoms with Crippen LogP contribution in [0.15, 0.2) is 53.3 Å². The van der Waals surface area contributed by atoms with E-state index in [4.69, 9.17) is 9.72 Å². The average Bonchev–Trinajstić information content (AvgIpc) is 2.73. The molecule has 0 saturated heterocycles. The Morgan fingerprint density at radius 1 is 1.14 bits per heavy atom. The summed E-state index contributed by atoms with van der Waals surface area (Å²) in [6.45, 7) is 5.72. The highest BCUT2D eigenvalue weighted by Gasteiger charge is 2.28. The Labute approximate surface area is 170 Å². The zero-order chi connectivity index (χ0) is 21.1. The van der Waals surface area contributed by atoms with E-state index >= 15 is 0 Å². The van der Waals surface area contributed by atoms with Gasteiger partial charge >= 0.3 is 0 Å². The monoisotopic (exact) mass is 393 g/mol. The number of amides is 1. The Kier molecular flexibility index (Phi) is 6.01. The van der Waals surface area contributed by atoms with Gasteiger partial charge in [-0.1, -0.05) is 45.0 Å². The van der Waals surface area contributed by atoms with Gasteiger partial charge in [-0.15, -0.1) is 0 Å². The minimum absolute atomic E-state index is 0.00540. The predicted molar refractivity (Wildman–Crippen MR) is 115 cm³/mol. The Balaban J connectivity index is 2.36. The second kappa shape index (κ2) is 8.47. The summed E-state index contributed by atoms with van der Waals surface area (Å²) >= 11 is 0. The second-order valence-electron chi connectivity index (χ2n) is 7.33. The van der Waals surface area contributed by atoms with Gasteiger partial charge in [-0.3, -0.25) is 14.2 Å². The molecule has 6 heteroatoms. The average molecular weight is 393 g/mol. The maximum Gasteiger partial charge on any atom is 0.266 e. The van der Waals surface area contributed by atoms with Crippen LogP contribution in [0.2, 0.25) is 0 Å². The molecule has 2 aromatic carbocycles. The van der Waals surface area contributed by atoms with E-state index in [1.165, 1.54) is 0 Å². The highest BCUT2D eigenvalue weighted by Crippen LogP contribution is 2.29. The Morgan fingerprint density at radius 2 is 1.79 bits per heavy atom. The third kappa shape index (κ3) is 3.75. The molecule has 152 valence electrons. The van der Waals surface area contributed by atoms with Gasteiger partial charge in [0, 0.05) is 13.0 Å². The number of ether oxygens (including phenoxy) is 1. The van der Waals surface area contributed by atoms with Crippen molar-refractivity contribution in [3.8, 4) is 11.4 Å². The van der Waals surface area contributed by atoms with Crippen molar-refractivity contribution in [1.82, 2.24) is 14.5 Å². The molecule has 1 atom stereocenters. The smallest absolute Gasteiger partial charge is 0.266 e. The number of hydrogen-bond acceptors (Lipinski definition) is 4. The SMILES string of the molecule is CCC(c1nc2ccccc2c(=O)n1-c1ccccc1OC)N(C)C(=O)C(C)C. The number of carbonyl (C=O) groups excluding carboxylic acids is 1. The minimum Gasteiger partial charge on any atom is -0.495 e. The van der Waals surface area contributed by atoms with Crippen LogP contribution in [0.25, 0.3) is 16.6 Å². The molecule has 0 aliphatic rings. The molecule has 6 nitrogen and oxygen atoms in total. The fourth-order valence-electron chi connectivity index (χ4n) is 3.61. The normalized spacial score (nSPS) is 12.2. The third-order valence-electron chi connectivity index (χ3n) is 5.12. The lowest BCUT2D eigenvalue weighted by Gasteiger charge is -2.30. The summed E-state index contributed by atoms with van der Waals surface area (Å²) < 4.78 is 7.10. The van der Waals surface area contributed by atoms with Crippen LogP contribution < -0.4 is 10.3 Å². The number of aromatic nitrogens is 2. The number of hydrogen-bond donors (Lipinski definition) is 0. The first kappa shape index (κ1) is 20.6. The summed E-state index contributed by atoms with van der Waals surface area (Å²) in [6.07, 6.45) is 0.620. The number of para-hydroxylation sites is 3. The molecule has 0 spiro atoms. The van der Waals surface area contributed by atoms with E-state index in [-0.39, 0.29) is 23.4 Å². The molecule has 0 aliphatic heterocycles. The van der Waals surface area contributed by atoms with Crippen LogP contribution in [-0.4, -0.2) is 34.5 Å². The molecule has 1 amide bonds. The summed E-state index contributed by atoms with van der Waals surface area (Å²) in [5, 5.41) is 0.523. The van der Waals surface area contributed by atoms with Crippen molar-refractivity contribution < 1.29 is 9.53 Å². The van der Waals surface area contributed by atoms with Crippen molar-refractivity contribution >= 4 is 16.8 Å². The first-order valence-electron chi connectivity index (χ1n) is 9.82. The summed E-state index contributed by atoms with van der Waals surface area (Å²) in [7, 11) is 3.34. The Morgan fingerprint density at radius 3 is 2.45 bits per heavy atom. The van der Waals surface area contributed by atoms with E-state index in [0.717, 1.165) is 0 Å². The molecule has 0 saturated carbocycles. The second-order valence-corrected chi connectivity index (χ2v) is 7.33. The van der Waals surface area contributed by atoms with Gasteiger partial charge in [0.25, 0.3) is 5.56 Å². The molecule has 0 bridgehead atoms. The molecule has 1 unspecified atom stereocenters. The summed E-state index contributed by atoms with van der Waals surface area (Å²) in [6, 6.07) is 14.3. The fourth-order valence-corrected chi connectivity index (χ4v) is 3.61. The minimum atomic E-state index is -0.355. The van der Waals surface area contributed by atoms with E-state index in [2.05, 4.69) is 0 Å². The number of fused-ring (bicyclic) bond motifs is 1. The molecule has 29 heavy (non-hydrogen) atoms. The molecule has 1 aromatic heterocycles. The number of benzene rings is 2. The highest BCUT2D eigenvalue weighted by molar-refractivity contribution is 5.79. The maximum absolute atomic E-state index is 13.5. The summed E-state index contributed by atoms with van der Waals surface area (Å²) in [4.78, 5) is 32.8. The van der Waals surface area contributed by atoms with Crippen molar-refractivity contribution in [3.05, 3.63) is 64.7 Å². The standard InChI is InChI=1S/C23H27N3O3/c1-6-18(25(4)22(27)15(2)3)21-24-17-12-8-7-11-16(17)23(28)26(21)19-13-9-10-14-20(19)29-5/h7-15,18H,6H2,1-5H3. The van der Waals surface area contributed by atoms with Gasteiger partial charge in [0.2, 0.25) is 5.91 Å². The lowest BCUT2D eigenvalue weighted by Crippen LogP contribution is -2.37. The van der Waals surface area contributed by atoms with Gasteiger partial charge in [-0.25, -0.2) is 4.98 Å². The molecule has 1 heterocycles. The van der Waals surface area contributed by atoms with Crippen molar-refractivity contribution in [3.63, 3.8) is 0 Å². The van der Waals surface area contributed by atoms with Crippen molar-refractivity contribution in [2.24, 2.45) is 5.92 Å². The lowest BCUT2D eigenvalue weighted by molar-refractivity contribution is -0.135. The van der Waals surface area contributed by atoms with Gasteiger partial charge in [0.05, 0.1) is 29.7 Å². The van der Waals surface area contributed by atoms with Crippen LogP contribution >= 0.6 is 0 Å². The number of methoxy groups -OCH3 is 1. The summed E-state index contributed by atoms with van der Waals surface area (Å²) in [5.41, 5.74) is 1.04. The summed E-state index contributed by atoms with van der Waals surface area (Å²) in [5.74, 6) is 0.949. The van der Waals surface area contributed by atoms with E-state index < -0.39 is 0 Å². The molecular weight excluding hydrogens is 366 g/mol. The quantitative estimate of drug-likeness (QED) is 0.636. The molecule has 0 N–H and O–H groups in total. The first-order valence-corrected chi connectivity index (χ1v) is 9.82.